The molecule has 98 valence electrons. The van der Waals surface area contributed by atoms with E-state index >= 15 is 0 Å². The van der Waals surface area contributed by atoms with Gasteiger partial charge in [-0.1, -0.05) is 30.3 Å². The summed E-state index contributed by atoms with van der Waals surface area (Å²) < 4.78 is 0. The SMILES string of the molecule is NCC[C@H](N)C(=O)N[C@@H](C=O)Cc1ccccc1. The summed E-state index contributed by atoms with van der Waals surface area (Å²) in [4.78, 5) is 22.6. The molecule has 1 aromatic carbocycles. The van der Waals surface area contributed by atoms with Crippen molar-refractivity contribution in [2.45, 2.75) is 24.9 Å². The Hall–Kier alpha value is -1.72. The lowest BCUT2D eigenvalue weighted by atomic mass is 10.1. The Kier molecular flexibility index (Phi) is 6.04. The average molecular weight is 249 g/mol. The maximum atomic E-state index is 11.6. The fourth-order valence-electron chi connectivity index (χ4n) is 1.60. The van der Waals surface area contributed by atoms with Gasteiger partial charge in [0.05, 0.1) is 12.1 Å². The molecule has 0 saturated heterocycles. The fourth-order valence-corrected chi connectivity index (χ4v) is 1.60. The topological polar surface area (TPSA) is 98.2 Å². The lowest BCUT2D eigenvalue weighted by Gasteiger charge is -2.16. The van der Waals surface area contributed by atoms with E-state index in [1.54, 1.807) is 0 Å². The number of aldehydes is 1. The van der Waals surface area contributed by atoms with Gasteiger partial charge in [0.1, 0.15) is 6.29 Å². The van der Waals surface area contributed by atoms with Gasteiger partial charge < -0.3 is 21.6 Å². The van der Waals surface area contributed by atoms with E-state index in [0.29, 0.717) is 19.4 Å². The van der Waals surface area contributed by atoms with Gasteiger partial charge in [-0.2, -0.15) is 0 Å². The van der Waals surface area contributed by atoms with Gasteiger partial charge in [0.2, 0.25) is 5.91 Å². The van der Waals surface area contributed by atoms with Gasteiger partial charge in [0, 0.05) is 0 Å². The van der Waals surface area contributed by atoms with Crippen molar-refractivity contribution in [1.29, 1.82) is 0 Å². The molecule has 0 aliphatic rings. The van der Waals surface area contributed by atoms with Crippen molar-refractivity contribution < 1.29 is 9.59 Å². The highest BCUT2D eigenvalue weighted by Crippen LogP contribution is 2.02. The normalized spacial score (nSPS) is 13.7. The average Bonchev–Trinajstić information content (AvgIpc) is 2.39. The highest BCUT2D eigenvalue weighted by atomic mass is 16.2. The Morgan fingerprint density at radius 2 is 2.00 bits per heavy atom. The summed E-state index contributed by atoms with van der Waals surface area (Å²) in [6.07, 6.45) is 1.59. The summed E-state index contributed by atoms with van der Waals surface area (Å²) in [5.41, 5.74) is 11.9. The summed E-state index contributed by atoms with van der Waals surface area (Å²) in [5.74, 6) is -0.339. The van der Waals surface area contributed by atoms with Crippen LogP contribution in [0.15, 0.2) is 30.3 Å². The van der Waals surface area contributed by atoms with Crippen molar-refractivity contribution in [2.24, 2.45) is 11.5 Å². The Balaban J connectivity index is 2.52. The molecule has 1 rings (SSSR count). The minimum absolute atomic E-state index is 0.339. The minimum atomic E-state index is -0.659. The van der Waals surface area contributed by atoms with E-state index in [-0.39, 0.29) is 5.91 Å². The number of hydrogen-bond acceptors (Lipinski definition) is 4. The van der Waals surface area contributed by atoms with Gasteiger partial charge in [-0.25, -0.2) is 0 Å². The molecule has 0 unspecified atom stereocenters. The van der Waals surface area contributed by atoms with Gasteiger partial charge in [-0.3, -0.25) is 4.79 Å². The van der Waals surface area contributed by atoms with Crippen LogP contribution in [0.3, 0.4) is 0 Å². The first-order valence-corrected chi connectivity index (χ1v) is 5.92. The largest absolute Gasteiger partial charge is 0.345 e. The number of carbonyl (C=O) groups is 2. The molecule has 0 fully saturated rings. The number of amides is 1. The van der Waals surface area contributed by atoms with Crippen LogP contribution in [-0.2, 0) is 16.0 Å². The molecule has 0 bridgehead atoms. The summed E-state index contributed by atoms with van der Waals surface area (Å²) in [6.45, 7) is 0.346. The Bertz CT molecular complexity index is 381. The maximum Gasteiger partial charge on any atom is 0.237 e. The fraction of sp³-hybridized carbons (Fsp3) is 0.385. The van der Waals surface area contributed by atoms with Crippen LogP contribution in [0.4, 0.5) is 0 Å². The van der Waals surface area contributed by atoms with Gasteiger partial charge in [-0.05, 0) is 24.9 Å². The van der Waals surface area contributed by atoms with Crippen LogP contribution in [0.25, 0.3) is 0 Å². The number of nitrogens with one attached hydrogen (secondary N) is 1. The van der Waals surface area contributed by atoms with Gasteiger partial charge in [0.15, 0.2) is 0 Å². The second-order valence-electron chi connectivity index (χ2n) is 4.12. The first-order valence-electron chi connectivity index (χ1n) is 5.92. The van der Waals surface area contributed by atoms with Crippen LogP contribution in [0, 0.1) is 0 Å². The zero-order valence-corrected chi connectivity index (χ0v) is 10.2. The lowest BCUT2D eigenvalue weighted by molar-refractivity contribution is -0.125. The van der Waals surface area contributed by atoms with E-state index in [1.165, 1.54) is 0 Å². The first-order chi connectivity index (χ1) is 8.67. The molecule has 1 amide bonds. The second kappa shape index (κ2) is 7.58. The lowest BCUT2D eigenvalue weighted by Crippen LogP contribution is -2.47. The molecular weight excluding hydrogens is 230 g/mol. The molecular formula is C13H19N3O2. The molecule has 18 heavy (non-hydrogen) atoms. The van der Waals surface area contributed by atoms with Crippen LogP contribution in [0.1, 0.15) is 12.0 Å². The van der Waals surface area contributed by atoms with E-state index in [9.17, 15) is 9.59 Å². The summed E-state index contributed by atoms with van der Waals surface area (Å²) in [5, 5.41) is 2.61. The summed E-state index contributed by atoms with van der Waals surface area (Å²) >= 11 is 0. The molecule has 0 radical (unpaired) electrons. The maximum absolute atomic E-state index is 11.6. The van der Waals surface area contributed by atoms with Gasteiger partial charge in [-0.15, -0.1) is 0 Å². The predicted molar refractivity (Wildman–Crippen MR) is 69.8 cm³/mol. The predicted octanol–water partition coefficient (Wildman–Crippen LogP) is -0.411. The van der Waals surface area contributed by atoms with Crippen molar-refractivity contribution in [2.75, 3.05) is 6.54 Å². The monoisotopic (exact) mass is 249 g/mol. The third-order valence-electron chi connectivity index (χ3n) is 2.60. The zero-order valence-electron chi connectivity index (χ0n) is 10.2. The van der Waals surface area contributed by atoms with Crippen LogP contribution < -0.4 is 16.8 Å². The summed E-state index contributed by atoms with van der Waals surface area (Å²) in [6, 6.07) is 8.27. The van der Waals surface area contributed by atoms with E-state index in [0.717, 1.165) is 11.8 Å². The van der Waals surface area contributed by atoms with E-state index < -0.39 is 12.1 Å². The molecule has 5 N–H and O–H groups in total. The second-order valence-corrected chi connectivity index (χ2v) is 4.12. The number of carbonyl (C=O) groups excluding carboxylic acids is 2. The van der Waals surface area contributed by atoms with Crippen molar-refractivity contribution in [3.05, 3.63) is 35.9 Å². The van der Waals surface area contributed by atoms with E-state index in [1.807, 2.05) is 30.3 Å². The van der Waals surface area contributed by atoms with Crippen molar-refractivity contribution in [3.63, 3.8) is 0 Å². The smallest absolute Gasteiger partial charge is 0.237 e. The highest BCUT2D eigenvalue weighted by Gasteiger charge is 2.17. The standard InChI is InChI=1S/C13H19N3O2/c14-7-6-12(15)13(18)16-11(9-17)8-10-4-2-1-3-5-10/h1-5,9,11-12H,6-8,14-15H2,(H,16,18)/t11-,12+/m1/s1. The van der Waals surface area contributed by atoms with Gasteiger partial charge >= 0.3 is 0 Å². The molecule has 1 aromatic rings. The third kappa shape index (κ3) is 4.65. The summed E-state index contributed by atoms with van der Waals surface area (Å²) in [7, 11) is 0. The molecule has 0 heterocycles. The Morgan fingerprint density at radius 3 is 2.56 bits per heavy atom. The first kappa shape index (κ1) is 14.3. The highest BCUT2D eigenvalue weighted by molar-refractivity contribution is 5.84. The Labute approximate surface area is 107 Å². The third-order valence-corrected chi connectivity index (χ3v) is 2.60. The van der Waals surface area contributed by atoms with Crippen LogP contribution in [0.2, 0.25) is 0 Å². The zero-order chi connectivity index (χ0) is 13.4. The van der Waals surface area contributed by atoms with Crippen molar-refractivity contribution >= 4 is 12.2 Å². The molecule has 2 atom stereocenters. The van der Waals surface area contributed by atoms with Crippen LogP contribution >= 0.6 is 0 Å². The number of rotatable bonds is 7. The van der Waals surface area contributed by atoms with E-state index in [4.69, 9.17) is 11.5 Å². The molecule has 0 aliphatic heterocycles. The minimum Gasteiger partial charge on any atom is -0.345 e. The van der Waals surface area contributed by atoms with Crippen molar-refractivity contribution in [1.82, 2.24) is 5.32 Å². The molecule has 0 saturated carbocycles. The number of benzene rings is 1. The molecule has 0 aromatic heterocycles. The quantitative estimate of drug-likeness (QED) is 0.572. The van der Waals surface area contributed by atoms with Crippen LogP contribution in [-0.4, -0.2) is 30.8 Å². The van der Waals surface area contributed by atoms with Crippen molar-refractivity contribution in [3.8, 4) is 0 Å². The number of hydrogen-bond donors (Lipinski definition) is 3. The van der Waals surface area contributed by atoms with E-state index in [2.05, 4.69) is 5.32 Å². The molecule has 5 heteroatoms. The molecule has 0 spiro atoms. The number of nitrogens with two attached hydrogens (primary N) is 2. The van der Waals surface area contributed by atoms with Gasteiger partial charge in [0.25, 0.3) is 0 Å². The Morgan fingerprint density at radius 1 is 1.33 bits per heavy atom. The molecule has 0 aliphatic carbocycles. The molecule has 5 nitrogen and oxygen atoms in total. The van der Waals surface area contributed by atoms with Crippen LogP contribution in [0.5, 0.6) is 0 Å².